The number of rotatable bonds is 5. The Balaban J connectivity index is 2.00. The van der Waals surface area contributed by atoms with Gasteiger partial charge in [-0.05, 0) is 47.1 Å². The highest BCUT2D eigenvalue weighted by Crippen LogP contribution is 2.35. The van der Waals surface area contributed by atoms with E-state index in [0.717, 1.165) is 40.4 Å². The lowest BCUT2D eigenvalue weighted by Gasteiger charge is -2.41. The van der Waals surface area contributed by atoms with Crippen molar-refractivity contribution in [2.45, 2.75) is 19.7 Å². The third-order valence-corrected chi connectivity index (χ3v) is 5.02. The van der Waals surface area contributed by atoms with Crippen molar-refractivity contribution >= 4 is 33.9 Å². The monoisotopic (exact) mass is 487 g/mol. The molecule has 1 aliphatic rings. The highest BCUT2D eigenvalue weighted by molar-refractivity contribution is 9.12. The summed E-state index contributed by atoms with van der Waals surface area (Å²) in [5.41, 5.74) is -0.611. The maximum absolute atomic E-state index is 14.3. The van der Waals surface area contributed by atoms with Crippen molar-refractivity contribution in [3.8, 4) is 0 Å². The standard InChI is InChI=1S/C19H14BrF4N3O3/c1-10-26(9-25-29)19(30-8-11-5-6-12(21)7-15(11)24)16(20)18(28)27(10)17-13(22)3-2-4-14(17)23/h2-7,9-10,29H,8H2,1H3. The van der Waals surface area contributed by atoms with Crippen LogP contribution in [0.15, 0.2) is 51.9 Å². The zero-order chi connectivity index (χ0) is 22.0. The summed E-state index contributed by atoms with van der Waals surface area (Å²) in [6.07, 6.45) is -0.227. The van der Waals surface area contributed by atoms with Crippen molar-refractivity contribution in [1.29, 1.82) is 0 Å². The van der Waals surface area contributed by atoms with E-state index >= 15 is 0 Å². The summed E-state index contributed by atoms with van der Waals surface area (Å²) < 4.78 is 60.8. The molecule has 11 heteroatoms. The predicted molar refractivity (Wildman–Crippen MR) is 103 cm³/mol. The van der Waals surface area contributed by atoms with Crippen molar-refractivity contribution in [2.75, 3.05) is 4.90 Å². The molecule has 30 heavy (non-hydrogen) atoms. The highest BCUT2D eigenvalue weighted by atomic mass is 79.9. The number of carbonyl (C=O) groups is 1. The third kappa shape index (κ3) is 3.97. The topological polar surface area (TPSA) is 65.4 Å². The second-order valence-corrected chi connectivity index (χ2v) is 6.95. The van der Waals surface area contributed by atoms with Gasteiger partial charge in [0.05, 0.1) is 0 Å². The summed E-state index contributed by atoms with van der Waals surface area (Å²) in [5.74, 6) is -4.62. The summed E-state index contributed by atoms with van der Waals surface area (Å²) in [4.78, 5) is 14.8. The molecule has 0 aliphatic carbocycles. The van der Waals surface area contributed by atoms with Crippen LogP contribution in [-0.2, 0) is 16.1 Å². The molecule has 2 aromatic rings. The zero-order valence-corrected chi connectivity index (χ0v) is 16.9. The Morgan fingerprint density at radius 2 is 1.83 bits per heavy atom. The van der Waals surface area contributed by atoms with Crippen LogP contribution >= 0.6 is 15.9 Å². The maximum atomic E-state index is 14.3. The number of carbonyl (C=O) groups excluding carboxylic acids is 1. The van der Waals surface area contributed by atoms with Gasteiger partial charge in [0.25, 0.3) is 5.91 Å². The Hall–Kier alpha value is -3.08. The van der Waals surface area contributed by atoms with Gasteiger partial charge in [0.2, 0.25) is 5.88 Å². The Kier molecular flexibility index (Phi) is 6.30. The van der Waals surface area contributed by atoms with Gasteiger partial charge in [-0.1, -0.05) is 11.2 Å². The summed E-state index contributed by atoms with van der Waals surface area (Å²) in [7, 11) is 0. The van der Waals surface area contributed by atoms with Crippen LogP contribution < -0.4 is 4.90 Å². The van der Waals surface area contributed by atoms with E-state index < -0.39 is 47.6 Å². The van der Waals surface area contributed by atoms with Crippen molar-refractivity contribution < 1.29 is 32.3 Å². The van der Waals surface area contributed by atoms with Gasteiger partial charge in [0.1, 0.15) is 52.5 Å². The van der Waals surface area contributed by atoms with Crippen LogP contribution in [-0.4, -0.2) is 28.5 Å². The Bertz CT molecular complexity index is 1030. The lowest BCUT2D eigenvalue weighted by molar-refractivity contribution is -0.116. The fraction of sp³-hybridized carbons (Fsp3) is 0.158. The second kappa shape index (κ2) is 8.74. The van der Waals surface area contributed by atoms with E-state index in [1.165, 1.54) is 13.0 Å². The molecular weight excluding hydrogens is 474 g/mol. The molecule has 1 atom stereocenters. The van der Waals surface area contributed by atoms with Crippen LogP contribution in [0.2, 0.25) is 0 Å². The van der Waals surface area contributed by atoms with Crippen molar-refractivity contribution in [3.63, 3.8) is 0 Å². The lowest BCUT2D eigenvalue weighted by atomic mass is 10.2. The van der Waals surface area contributed by atoms with Crippen LogP contribution in [0.25, 0.3) is 0 Å². The molecule has 2 aromatic carbocycles. The molecule has 0 fully saturated rings. The number of para-hydroxylation sites is 1. The average Bonchev–Trinajstić information content (AvgIpc) is 2.69. The molecular formula is C19H14BrF4N3O3. The third-order valence-electron chi connectivity index (χ3n) is 4.34. The molecule has 0 radical (unpaired) electrons. The molecule has 1 aliphatic heterocycles. The number of ether oxygens (including phenoxy) is 1. The molecule has 0 spiro atoms. The van der Waals surface area contributed by atoms with Crippen LogP contribution in [0.4, 0.5) is 23.2 Å². The zero-order valence-electron chi connectivity index (χ0n) is 15.3. The molecule has 1 unspecified atom stereocenters. The van der Waals surface area contributed by atoms with Gasteiger partial charge < -0.3 is 9.94 Å². The van der Waals surface area contributed by atoms with Gasteiger partial charge >= 0.3 is 0 Å². The summed E-state index contributed by atoms with van der Waals surface area (Å²) >= 11 is 3.03. The van der Waals surface area contributed by atoms with Crippen molar-refractivity contribution in [1.82, 2.24) is 4.90 Å². The number of nitrogens with zero attached hydrogens (tertiary/aromatic N) is 3. The Morgan fingerprint density at radius 1 is 1.17 bits per heavy atom. The van der Waals surface area contributed by atoms with E-state index in [4.69, 9.17) is 9.94 Å². The van der Waals surface area contributed by atoms with Gasteiger partial charge in [-0.15, -0.1) is 0 Å². The smallest absolute Gasteiger partial charge is 0.272 e. The molecule has 1 heterocycles. The van der Waals surface area contributed by atoms with Crippen LogP contribution in [0.3, 0.4) is 0 Å². The first-order valence-electron chi connectivity index (χ1n) is 8.46. The van der Waals surface area contributed by atoms with E-state index in [0.29, 0.717) is 6.07 Å². The number of oxime groups is 1. The first-order valence-corrected chi connectivity index (χ1v) is 9.25. The number of amides is 1. The Morgan fingerprint density at radius 3 is 2.43 bits per heavy atom. The van der Waals surface area contributed by atoms with Crippen LogP contribution in [0.5, 0.6) is 0 Å². The molecule has 6 nitrogen and oxygen atoms in total. The first-order chi connectivity index (χ1) is 14.3. The van der Waals surface area contributed by atoms with Gasteiger partial charge in [0.15, 0.2) is 0 Å². The number of hydrogen-bond donors (Lipinski definition) is 1. The predicted octanol–water partition coefficient (Wildman–Crippen LogP) is 4.44. The van der Waals surface area contributed by atoms with E-state index in [2.05, 4.69) is 21.1 Å². The van der Waals surface area contributed by atoms with Gasteiger partial charge in [0, 0.05) is 11.6 Å². The molecule has 1 N–H and O–H groups in total. The highest BCUT2D eigenvalue weighted by Gasteiger charge is 2.40. The van der Waals surface area contributed by atoms with Gasteiger partial charge in [-0.25, -0.2) is 17.6 Å². The first kappa shape index (κ1) is 21.6. The summed E-state index contributed by atoms with van der Waals surface area (Å²) in [5, 5.41) is 11.9. The fourth-order valence-corrected chi connectivity index (χ4v) is 3.42. The lowest BCUT2D eigenvalue weighted by Crippen LogP contribution is -2.54. The fourth-order valence-electron chi connectivity index (χ4n) is 2.91. The molecule has 0 saturated heterocycles. The minimum absolute atomic E-state index is 0.00670. The number of hydrogen-bond acceptors (Lipinski definition) is 4. The molecule has 3 rings (SSSR count). The average molecular weight is 488 g/mol. The van der Waals surface area contributed by atoms with Crippen molar-refractivity contribution in [2.24, 2.45) is 5.16 Å². The normalized spacial score (nSPS) is 17.3. The van der Waals surface area contributed by atoms with E-state index in [9.17, 15) is 22.4 Å². The van der Waals surface area contributed by atoms with E-state index in [1.807, 2.05) is 0 Å². The minimum atomic E-state index is -1.09. The Labute approximate surface area is 176 Å². The van der Waals surface area contributed by atoms with E-state index in [-0.39, 0.29) is 15.9 Å². The second-order valence-electron chi connectivity index (χ2n) is 6.16. The van der Waals surface area contributed by atoms with Gasteiger partial charge in [-0.3, -0.25) is 14.6 Å². The van der Waals surface area contributed by atoms with Gasteiger partial charge in [-0.2, -0.15) is 0 Å². The maximum Gasteiger partial charge on any atom is 0.272 e. The largest absolute Gasteiger partial charge is 0.473 e. The quantitative estimate of drug-likeness (QED) is 0.222. The van der Waals surface area contributed by atoms with E-state index in [1.54, 1.807) is 0 Å². The molecule has 0 bridgehead atoms. The molecule has 0 saturated carbocycles. The number of halogens is 5. The SMILES string of the molecule is CC1N(C=NO)C(OCc2ccc(F)cc2F)=C(Br)C(=O)N1c1c(F)cccc1F. The van der Waals surface area contributed by atoms with Crippen LogP contribution in [0.1, 0.15) is 12.5 Å². The summed E-state index contributed by atoms with van der Waals surface area (Å²) in [6, 6.07) is 6.01. The van der Waals surface area contributed by atoms with Crippen molar-refractivity contribution in [3.05, 3.63) is 75.6 Å². The molecule has 158 valence electrons. The number of anilines is 1. The summed E-state index contributed by atoms with van der Waals surface area (Å²) in [6.45, 7) is 1.01. The number of benzene rings is 2. The molecule has 1 amide bonds. The minimum Gasteiger partial charge on any atom is -0.473 e. The molecule has 0 aromatic heterocycles. The van der Waals surface area contributed by atoms with Crippen LogP contribution in [0, 0.1) is 23.3 Å².